The van der Waals surface area contributed by atoms with Gasteiger partial charge in [-0.1, -0.05) is 26.0 Å². The van der Waals surface area contributed by atoms with Crippen molar-refractivity contribution in [2.24, 2.45) is 0 Å². The van der Waals surface area contributed by atoms with Crippen LogP contribution in [0.25, 0.3) is 0 Å². The fourth-order valence-electron chi connectivity index (χ4n) is 3.82. The van der Waals surface area contributed by atoms with Crippen molar-refractivity contribution in [3.63, 3.8) is 0 Å². The largest absolute Gasteiger partial charge is 0.480 e. The van der Waals surface area contributed by atoms with Crippen molar-refractivity contribution in [1.29, 1.82) is 0 Å². The Morgan fingerprint density at radius 3 is 1.97 bits per heavy atom. The van der Waals surface area contributed by atoms with Gasteiger partial charge in [0.25, 0.3) is 0 Å². The first-order valence-corrected chi connectivity index (χ1v) is 14.6. The van der Waals surface area contributed by atoms with Crippen molar-refractivity contribution in [1.82, 2.24) is 4.72 Å². The fourth-order valence-corrected chi connectivity index (χ4v) is 4.41. The van der Waals surface area contributed by atoms with E-state index >= 15 is 0 Å². The summed E-state index contributed by atoms with van der Waals surface area (Å²) in [6.45, 7) is 7.79. The predicted octanol–water partition coefficient (Wildman–Crippen LogP) is 3.39. The van der Waals surface area contributed by atoms with Gasteiger partial charge in [0.1, 0.15) is 18.2 Å². The Balaban J connectivity index is 2.17. The molecule has 2 aromatic rings. The van der Waals surface area contributed by atoms with Gasteiger partial charge in [-0.15, -0.1) is 0 Å². The lowest BCUT2D eigenvalue weighted by Gasteiger charge is -2.23. The average Bonchev–Trinajstić information content (AvgIpc) is 2.74. The molecule has 0 fully saturated rings. The molecule has 0 aliphatic rings. The van der Waals surface area contributed by atoms with E-state index in [0.29, 0.717) is 30.8 Å². The Bertz CT molecular complexity index is 1100. The van der Waals surface area contributed by atoms with E-state index in [0.717, 1.165) is 34.1 Å². The maximum atomic E-state index is 11.4. The van der Waals surface area contributed by atoms with Crippen LogP contribution in [0, 0.1) is 13.8 Å². The number of ether oxygens (including phenoxy) is 3. The van der Waals surface area contributed by atoms with Crippen LogP contribution in [0.1, 0.15) is 47.2 Å². The van der Waals surface area contributed by atoms with Crippen molar-refractivity contribution < 1.29 is 37.0 Å². The van der Waals surface area contributed by atoms with Gasteiger partial charge in [0.2, 0.25) is 10.0 Å². The molecule has 0 saturated carbocycles. The lowest BCUT2D eigenvalue weighted by molar-refractivity contribution is 0.0135. The highest BCUT2D eigenvalue weighted by atomic mass is 32.2. The SMILES string of the molecule is CCc1c(C)c(Cc2ccc(OCOCNS(C)(=O)=O)cc2)c(C)c(CC)c1OCP(=O)(O)O. The third-order valence-electron chi connectivity index (χ3n) is 5.48. The van der Waals surface area contributed by atoms with Gasteiger partial charge in [0.05, 0.1) is 6.26 Å². The van der Waals surface area contributed by atoms with E-state index in [9.17, 15) is 22.8 Å². The van der Waals surface area contributed by atoms with Crippen molar-refractivity contribution in [3.8, 4) is 11.5 Å². The molecule has 0 aliphatic carbocycles. The lowest BCUT2D eigenvalue weighted by Crippen LogP contribution is -2.25. The zero-order valence-corrected chi connectivity index (χ0v) is 22.0. The van der Waals surface area contributed by atoms with Crippen molar-refractivity contribution in [2.75, 3.05) is 26.1 Å². The molecule has 0 amide bonds. The van der Waals surface area contributed by atoms with E-state index in [-0.39, 0.29) is 13.5 Å². The molecule has 0 saturated heterocycles. The minimum absolute atomic E-state index is 0.0874. The summed E-state index contributed by atoms with van der Waals surface area (Å²) in [5.74, 6) is 1.18. The van der Waals surface area contributed by atoms with Crippen LogP contribution >= 0.6 is 7.60 Å². The zero-order valence-electron chi connectivity index (χ0n) is 20.3. The van der Waals surface area contributed by atoms with Crippen molar-refractivity contribution >= 4 is 17.6 Å². The van der Waals surface area contributed by atoms with Crippen LogP contribution in [0.4, 0.5) is 0 Å². The molecular formula is C23H34NO8PS. The Kier molecular flexibility index (Phi) is 10.1. The lowest BCUT2D eigenvalue weighted by atomic mass is 9.86. The summed E-state index contributed by atoms with van der Waals surface area (Å²) in [5.41, 5.74) is 6.29. The summed E-state index contributed by atoms with van der Waals surface area (Å²) < 4.78 is 51.8. The normalized spacial score (nSPS) is 12.1. The van der Waals surface area contributed by atoms with Gasteiger partial charge in [0, 0.05) is 0 Å². The van der Waals surface area contributed by atoms with E-state index in [1.54, 1.807) is 0 Å². The second-order valence-corrected chi connectivity index (χ2v) is 11.4. The molecule has 0 aromatic heterocycles. The molecule has 2 rings (SSSR count). The van der Waals surface area contributed by atoms with Gasteiger partial charge in [-0.2, -0.15) is 4.72 Å². The van der Waals surface area contributed by atoms with Crippen LogP contribution in [-0.2, 0) is 38.6 Å². The van der Waals surface area contributed by atoms with E-state index < -0.39 is 24.0 Å². The van der Waals surface area contributed by atoms with Crippen LogP contribution in [0.5, 0.6) is 11.5 Å². The minimum Gasteiger partial charge on any atom is -0.480 e. The third-order valence-corrected chi connectivity index (χ3v) is 6.59. The highest BCUT2D eigenvalue weighted by molar-refractivity contribution is 7.88. The van der Waals surface area contributed by atoms with Crippen LogP contribution < -0.4 is 14.2 Å². The number of nitrogens with one attached hydrogen (secondary N) is 1. The molecule has 34 heavy (non-hydrogen) atoms. The maximum Gasteiger partial charge on any atom is 0.362 e. The van der Waals surface area contributed by atoms with Crippen LogP contribution in [0.15, 0.2) is 24.3 Å². The molecule has 0 bridgehead atoms. The Morgan fingerprint density at radius 1 is 0.941 bits per heavy atom. The molecule has 11 heteroatoms. The molecule has 0 radical (unpaired) electrons. The Hall–Kier alpha value is -1.94. The molecule has 0 heterocycles. The molecule has 9 nitrogen and oxygen atoms in total. The molecule has 0 atom stereocenters. The van der Waals surface area contributed by atoms with Crippen molar-refractivity contribution in [2.45, 2.75) is 47.0 Å². The first kappa shape index (κ1) is 28.3. The van der Waals surface area contributed by atoms with Gasteiger partial charge in [-0.05, 0) is 78.6 Å². The van der Waals surface area contributed by atoms with Crippen LogP contribution in [-0.4, -0.2) is 44.3 Å². The first-order chi connectivity index (χ1) is 15.9. The predicted molar refractivity (Wildman–Crippen MR) is 131 cm³/mol. The summed E-state index contributed by atoms with van der Waals surface area (Å²) >= 11 is 0. The van der Waals surface area contributed by atoms with E-state index in [1.807, 2.05) is 52.0 Å². The summed E-state index contributed by atoms with van der Waals surface area (Å²) in [6, 6.07) is 7.56. The Morgan fingerprint density at radius 2 is 1.50 bits per heavy atom. The molecule has 3 N–H and O–H groups in total. The van der Waals surface area contributed by atoms with E-state index in [4.69, 9.17) is 14.2 Å². The molecule has 2 aromatic carbocycles. The molecule has 0 spiro atoms. The number of hydrogen-bond donors (Lipinski definition) is 3. The van der Waals surface area contributed by atoms with Crippen LogP contribution in [0.2, 0.25) is 0 Å². The smallest absolute Gasteiger partial charge is 0.362 e. The van der Waals surface area contributed by atoms with Gasteiger partial charge in [-0.25, -0.2) is 8.42 Å². The topological polar surface area (TPSA) is 131 Å². The number of hydrogen-bond acceptors (Lipinski definition) is 6. The summed E-state index contributed by atoms with van der Waals surface area (Å²) in [6.07, 6.45) is 2.47. The van der Waals surface area contributed by atoms with Gasteiger partial charge in [0.15, 0.2) is 13.1 Å². The standard InChI is InChI=1S/C23H34NO8PS/c1-6-20-16(3)22(17(4)21(7-2)23(20)32-15-33(25,26)27)12-18-8-10-19(11-9-18)31-14-30-13-24-34(5,28)29/h8-11,24H,6-7,12-15H2,1-5H3,(H2,25,26,27). The summed E-state index contributed by atoms with van der Waals surface area (Å²) in [4.78, 5) is 18.5. The van der Waals surface area contributed by atoms with Gasteiger partial charge in [-0.3, -0.25) is 4.57 Å². The second kappa shape index (κ2) is 12.2. The molecule has 0 aliphatic heterocycles. The molecular weight excluding hydrogens is 481 g/mol. The zero-order chi connectivity index (χ0) is 25.5. The Labute approximate surface area is 201 Å². The van der Waals surface area contributed by atoms with E-state index in [1.165, 1.54) is 5.56 Å². The van der Waals surface area contributed by atoms with Crippen LogP contribution in [0.3, 0.4) is 0 Å². The number of benzene rings is 2. The van der Waals surface area contributed by atoms with E-state index in [2.05, 4.69) is 4.72 Å². The highest BCUT2D eigenvalue weighted by Crippen LogP contribution is 2.40. The summed E-state index contributed by atoms with van der Waals surface area (Å²) in [7, 11) is -7.59. The number of sulfonamides is 1. The number of rotatable bonds is 13. The van der Waals surface area contributed by atoms with Gasteiger partial charge < -0.3 is 24.0 Å². The second-order valence-electron chi connectivity index (χ2n) is 8.01. The summed E-state index contributed by atoms with van der Waals surface area (Å²) in [5, 5.41) is 0. The molecule has 190 valence electrons. The average molecular weight is 516 g/mol. The van der Waals surface area contributed by atoms with Gasteiger partial charge >= 0.3 is 7.60 Å². The fraction of sp³-hybridized carbons (Fsp3) is 0.478. The maximum absolute atomic E-state index is 11.4. The molecule has 0 unspecified atom stereocenters. The monoisotopic (exact) mass is 515 g/mol. The third kappa shape index (κ3) is 8.37. The quantitative estimate of drug-likeness (QED) is 0.210. The highest BCUT2D eigenvalue weighted by Gasteiger charge is 2.22. The first-order valence-electron chi connectivity index (χ1n) is 10.9. The minimum atomic E-state index is -4.29. The van der Waals surface area contributed by atoms with Crippen molar-refractivity contribution in [3.05, 3.63) is 57.6 Å².